The molecule has 108 valence electrons. The van der Waals surface area contributed by atoms with E-state index in [2.05, 4.69) is 0 Å². The first-order chi connectivity index (χ1) is 9.51. The summed E-state index contributed by atoms with van der Waals surface area (Å²) in [6.07, 6.45) is -1.73. The minimum atomic E-state index is -1.02. The second kappa shape index (κ2) is 5.92. The van der Waals surface area contributed by atoms with E-state index in [0.29, 0.717) is 11.3 Å². The van der Waals surface area contributed by atoms with Crippen molar-refractivity contribution in [1.82, 2.24) is 0 Å². The fourth-order valence-electron chi connectivity index (χ4n) is 2.11. The molecule has 0 spiro atoms. The number of ether oxygens (including phenoxy) is 2. The second-order valence-corrected chi connectivity index (χ2v) is 4.54. The van der Waals surface area contributed by atoms with Gasteiger partial charge in [-0.2, -0.15) is 0 Å². The average molecular weight is 280 g/mol. The molecule has 20 heavy (non-hydrogen) atoms. The van der Waals surface area contributed by atoms with Crippen molar-refractivity contribution >= 4 is 11.9 Å². The molecule has 6 heteroatoms. The molecule has 0 amide bonds. The van der Waals surface area contributed by atoms with E-state index < -0.39 is 24.1 Å². The summed E-state index contributed by atoms with van der Waals surface area (Å²) in [6, 6.07) is 4.90. The van der Waals surface area contributed by atoms with E-state index in [-0.39, 0.29) is 19.4 Å². The van der Waals surface area contributed by atoms with Crippen LogP contribution in [0.25, 0.3) is 0 Å². The van der Waals surface area contributed by atoms with Crippen LogP contribution in [0.5, 0.6) is 5.75 Å². The van der Waals surface area contributed by atoms with Gasteiger partial charge in [0.25, 0.3) is 0 Å². The van der Waals surface area contributed by atoms with E-state index in [1.807, 2.05) is 0 Å². The Balaban J connectivity index is 2.07. The third-order valence-corrected chi connectivity index (χ3v) is 3.08. The van der Waals surface area contributed by atoms with Gasteiger partial charge in [-0.25, -0.2) is 4.79 Å². The molecule has 0 radical (unpaired) electrons. The van der Waals surface area contributed by atoms with Crippen molar-refractivity contribution in [2.75, 3.05) is 6.61 Å². The first-order valence-electron chi connectivity index (χ1n) is 6.37. The van der Waals surface area contributed by atoms with Crippen LogP contribution in [0.1, 0.15) is 30.6 Å². The van der Waals surface area contributed by atoms with E-state index in [1.54, 1.807) is 25.1 Å². The molecule has 2 rings (SSSR count). The quantitative estimate of drug-likeness (QED) is 0.783. The number of carboxylic acids is 1. The van der Waals surface area contributed by atoms with Crippen molar-refractivity contribution in [2.45, 2.75) is 32.0 Å². The van der Waals surface area contributed by atoms with E-state index in [9.17, 15) is 14.7 Å². The van der Waals surface area contributed by atoms with Gasteiger partial charge in [-0.1, -0.05) is 6.07 Å². The Morgan fingerprint density at radius 2 is 2.25 bits per heavy atom. The van der Waals surface area contributed by atoms with E-state index >= 15 is 0 Å². The highest BCUT2D eigenvalue weighted by Crippen LogP contribution is 2.32. The molecule has 0 aliphatic carbocycles. The maximum Gasteiger partial charge on any atom is 0.345 e. The number of carboxylic acid groups (broad SMARTS) is 1. The highest BCUT2D eigenvalue weighted by molar-refractivity contribution is 5.75. The molecule has 2 atom stereocenters. The minimum Gasteiger partial charge on any atom is -0.478 e. The van der Waals surface area contributed by atoms with Gasteiger partial charge in [-0.05, 0) is 30.2 Å². The Morgan fingerprint density at radius 1 is 1.50 bits per heavy atom. The number of aliphatic hydroxyl groups is 1. The minimum absolute atomic E-state index is 0.129. The van der Waals surface area contributed by atoms with Crippen molar-refractivity contribution in [2.24, 2.45) is 0 Å². The van der Waals surface area contributed by atoms with Gasteiger partial charge in [0.1, 0.15) is 5.75 Å². The van der Waals surface area contributed by atoms with Crippen LogP contribution in [-0.2, 0) is 20.7 Å². The fraction of sp³-hybridized carbons (Fsp3) is 0.429. The predicted molar refractivity (Wildman–Crippen MR) is 68.4 cm³/mol. The predicted octanol–water partition coefficient (Wildman–Crippen LogP) is 1.06. The Bertz CT molecular complexity index is 524. The van der Waals surface area contributed by atoms with Gasteiger partial charge in [0.05, 0.1) is 19.1 Å². The topological polar surface area (TPSA) is 93.1 Å². The van der Waals surface area contributed by atoms with Crippen LogP contribution in [0.3, 0.4) is 0 Å². The van der Waals surface area contributed by atoms with Crippen molar-refractivity contribution < 1.29 is 29.3 Å². The van der Waals surface area contributed by atoms with Gasteiger partial charge in [-0.3, -0.25) is 4.79 Å². The molecule has 1 aliphatic heterocycles. The van der Waals surface area contributed by atoms with Gasteiger partial charge < -0.3 is 19.7 Å². The van der Waals surface area contributed by atoms with Crippen LogP contribution in [0.2, 0.25) is 0 Å². The molecule has 1 aromatic carbocycles. The van der Waals surface area contributed by atoms with Crippen molar-refractivity contribution in [3.8, 4) is 5.75 Å². The van der Waals surface area contributed by atoms with Gasteiger partial charge in [0, 0.05) is 6.42 Å². The molecule has 0 saturated carbocycles. The summed E-state index contributed by atoms with van der Waals surface area (Å²) in [6.45, 7) is 1.97. The van der Waals surface area contributed by atoms with Crippen molar-refractivity contribution in [1.29, 1.82) is 0 Å². The Labute approximate surface area is 115 Å². The molecule has 2 N–H and O–H groups in total. The average Bonchev–Trinajstić information content (AvgIpc) is 2.81. The lowest BCUT2D eigenvalue weighted by Gasteiger charge is -2.11. The molecule has 0 saturated heterocycles. The van der Waals surface area contributed by atoms with Crippen LogP contribution in [0, 0.1) is 0 Å². The lowest BCUT2D eigenvalue weighted by atomic mass is 10.0. The number of rotatable bonds is 5. The molecular formula is C14H16O6. The highest BCUT2D eigenvalue weighted by atomic mass is 16.5. The van der Waals surface area contributed by atoms with E-state index in [4.69, 9.17) is 14.6 Å². The number of benzene rings is 1. The zero-order chi connectivity index (χ0) is 14.7. The molecule has 2 unspecified atom stereocenters. The van der Waals surface area contributed by atoms with Crippen LogP contribution in [-0.4, -0.2) is 34.9 Å². The molecule has 0 aromatic heterocycles. The second-order valence-electron chi connectivity index (χ2n) is 4.54. The number of aliphatic carboxylic acids is 1. The van der Waals surface area contributed by atoms with Gasteiger partial charge in [-0.15, -0.1) is 0 Å². The Hall–Kier alpha value is -2.08. The third-order valence-electron chi connectivity index (χ3n) is 3.08. The number of esters is 1. The van der Waals surface area contributed by atoms with E-state index in [0.717, 1.165) is 5.56 Å². The van der Waals surface area contributed by atoms with Gasteiger partial charge in [0.15, 0.2) is 6.10 Å². The molecular weight excluding hydrogens is 264 g/mol. The lowest BCUT2D eigenvalue weighted by Crippen LogP contribution is -2.24. The smallest absolute Gasteiger partial charge is 0.345 e. The summed E-state index contributed by atoms with van der Waals surface area (Å²) < 4.78 is 10.0. The molecule has 1 aromatic rings. The van der Waals surface area contributed by atoms with Crippen LogP contribution >= 0.6 is 0 Å². The normalized spacial score (nSPS) is 18.0. The number of hydrogen-bond acceptors (Lipinski definition) is 5. The van der Waals surface area contributed by atoms with Crippen LogP contribution in [0.4, 0.5) is 0 Å². The van der Waals surface area contributed by atoms with Crippen molar-refractivity contribution in [3.63, 3.8) is 0 Å². The Kier molecular flexibility index (Phi) is 4.24. The van der Waals surface area contributed by atoms with Gasteiger partial charge >= 0.3 is 11.9 Å². The third kappa shape index (κ3) is 3.08. The maximum absolute atomic E-state index is 11.3. The standard InChI is InChI=1S/C14H16O6/c1-2-19-13(16)7-10(15)8-3-4-11-9(5-8)6-12(20-11)14(17)18/h3-5,10,12,15H,2,6-7H2,1H3,(H,17,18). The molecule has 1 heterocycles. The van der Waals surface area contributed by atoms with Crippen LogP contribution < -0.4 is 4.74 Å². The monoisotopic (exact) mass is 280 g/mol. The molecule has 1 aliphatic rings. The number of aliphatic hydroxyl groups excluding tert-OH is 1. The summed E-state index contributed by atoms with van der Waals surface area (Å²) in [5.74, 6) is -0.987. The first kappa shape index (κ1) is 14.3. The van der Waals surface area contributed by atoms with Crippen molar-refractivity contribution in [3.05, 3.63) is 29.3 Å². The summed E-state index contributed by atoms with van der Waals surface area (Å²) in [4.78, 5) is 22.2. The molecule has 6 nitrogen and oxygen atoms in total. The lowest BCUT2D eigenvalue weighted by molar-refractivity contribution is -0.145. The molecule has 0 bridgehead atoms. The fourth-order valence-corrected chi connectivity index (χ4v) is 2.11. The highest BCUT2D eigenvalue weighted by Gasteiger charge is 2.29. The van der Waals surface area contributed by atoms with E-state index in [1.165, 1.54) is 0 Å². The first-order valence-corrected chi connectivity index (χ1v) is 6.37. The number of fused-ring (bicyclic) bond motifs is 1. The zero-order valence-electron chi connectivity index (χ0n) is 11.0. The Morgan fingerprint density at radius 3 is 2.90 bits per heavy atom. The largest absolute Gasteiger partial charge is 0.478 e. The SMILES string of the molecule is CCOC(=O)CC(O)c1ccc2c(c1)CC(C(=O)O)O2. The number of hydrogen-bond donors (Lipinski definition) is 2. The summed E-state index contributed by atoms with van der Waals surface area (Å²) in [5.41, 5.74) is 1.27. The van der Waals surface area contributed by atoms with Gasteiger partial charge in [0.2, 0.25) is 0 Å². The number of carbonyl (C=O) groups is 2. The maximum atomic E-state index is 11.3. The van der Waals surface area contributed by atoms with Crippen LogP contribution in [0.15, 0.2) is 18.2 Å². The molecule has 0 fully saturated rings. The summed E-state index contributed by atoms with van der Waals surface area (Å²) >= 11 is 0. The zero-order valence-corrected chi connectivity index (χ0v) is 11.0. The summed E-state index contributed by atoms with van der Waals surface area (Å²) in [5, 5.41) is 18.9. The summed E-state index contributed by atoms with van der Waals surface area (Å²) in [7, 11) is 0. The number of carbonyl (C=O) groups excluding carboxylic acids is 1.